The molecule has 0 aliphatic carbocycles. The predicted octanol–water partition coefficient (Wildman–Crippen LogP) is 3.42. The van der Waals surface area contributed by atoms with Crippen molar-refractivity contribution >= 4 is 17.4 Å². The van der Waals surface area contributed by atoms with Crippen LogP contribution in [-0.4, -0.2) is 59.1 Å². The number of aromatic nitrogens is 2. The zero-order chi connectivity index (χ0) is 24.9. The van der Waals surface area contributed by atoms with Gasteiger partial charge in [0.1, 0.15) is 11.5 Å². The number of Topliss-reactive ketones (excluding diaryl/α,β-unsaturated/α-hetero) is 1. The first kappa shape index (κ1) is 23.9. The summed E-state index contributed by atoms with van der Waals surface area (Å²) >= 11 is 0. The van der Waals surface area contributed by atoms with Crippen molar-refractivity contribution in [2.75, 3.05) is 27.9 Å². The molecule has 9 nitrogen and oxygen atoms in total. The van der Waals surface area contributed by atoms with Crippen LogP contribution in [0.1, 0.15) is 23.6 Å². The predicted molar refractivity (Wildman–Crippen MR) is 128 cm³/mol. The monoisotopic (exact) mass is 477 g/mol. The third-order valence-electron chi connectivity index (χ3n) is 6.01. The third kappa shape index (κ3) is 4.57. The lowest BCUT2D eigenvalue weighted by atomic mass is 9.94. The Bertz CT molecular complexity index is 1230. The lowest BCUT2D eigenvalue weighted by Crippen LogP contribution is -2.31. The number of imidazole rings is 1. The molecule has 0 saturated carbocycles. The first-order valence-corrected chi connectivity index (χ1v) is 11.1. The highest BCUT2D eigenvalue weighted by Gasteiger charge is 2.47. The molecule has 1 aliphatic heterocycles. The second-order valence-corrected chi connectivity index (χ2v) is 7.96. The maximum atomic E-state index is 13.3. The zero-order valence-corrected chi connectivity index (χ0v) is 19.8. The van der Waals surface area contributed by atoms with E-state index >= 15 is 0 Å². The normalized spacial score (nSPS) is 17.0. The molecule has 0 bridgehead atoms. The molecule has 35 heavy (non-hydrogen) atoms. The first-order chi connectivity index (χ1) is 17.0. The Morgan fingerprint density at radius 2 is 1.77 bits per heavy atom. The molecule has 1 atom stereocenters. The number of methoxy groups -OCH3 is 3. The van der Waals surface area contributed by atoms with Gasteiger partial charge in [0.15, 0.2) is 11.5 Å². The van der Waals surface area contributed by atoms with Gasteiger partial charge in [0.25, 0.3) is 11.7 Å². The average Bonchev–Trinajstić information content (AvgIpc) is 3.50. The lowest BCUT2D eigenvalue weighted by Gasteiger charge is -2.27. The molecule has 0 radical (unpaired) electrons. The van der Waals surface area contributed by atoms with Crippen molar-refractivity contribution in [3.63, 3.8) is 0 Å². The quantitative estimate of drug-likeness (QED) is 0.286. The summed E-state index contributed by atoms with van der Waals surface area (Å²) < 4.78 is 18.1. The van der Waals surface area contributed by atoms with Crippen LogP contribution >= 0.6 is 0 Å². The van der Waals surface area contributed by atoms with Gasteiger partial charge in [-0.05, 0) is 36.8 Å². The summed E-state index contributed by atoms with van der Waals surface area (Å²) in [6.45, 7) is 0.899. The third-order valence-corrected chi connectivity index (χ3v) is 6.01. The van der Waals surface area contributed by atoms with Gasteiger partial charge in [-0.2, -0.15) is 0 Å². The van der Waals surface area contributed by atoms with Crippen LogP contribution in [0.25, 0.3) is 5.76 Å². The second kappa shape index (κ2) is 10.3. The standard InChI is InChI=1S/C26H27N3O6/c1-33-18-10-8-17(9-11-18)23(30)21-22(19-6-4-7-20(34-2)25(19)35-3)29(26(32)24(21)31)14-5-13-28-15-12-27-16-28/h4,6-12,15-16,22,30H,5,13-14H2,1-3H3/b23-21+/t22-/m0/s1. The molecule has 1 N–H and O–H groups in total. The molecular weight excluding hydrogens is 450 g/mol. The number of carbonyl (C=O) groups excluding carboxylic acids is 2. The minimum Gasteiger partial charge on any atom is -0.507 e. The van der Waals surface area contributed by atoms with Gasteiger partial charge >= 0.3 is 0 Å². The van der Waals surface area contributed by atoms with Gasteiger partial charge in [-0.3, -0.25) is 9.59 Å². The van der Waals surface area contributed by atoms with Gasteiger partial charge in [0.05, 0.1) is 39.3 Å². The molecule has 1 saturated heterocycles. The van der Waals surface area contributed by atoms with Crippen LogP contribution in [0.15, 0.2) is 66.8 Å². The fraction of sp³-hybridized carbons (Fsp3) is 0.269. The van der Waals surface area contributed by atoms with Crippen molar-refractivity contribution in [1.29, 1.82) is 0 Å². The summed E-state index contributed by atoms with van der Waals surface area (Å²) in [6, 6.07) is 11.0. The number of aliphatic hydroxyl groups excluding tert-OH is 1. The molecule has 2 heterocycles. The Balaban J connectivity index is 1.80. The fourth-order valence-corrected chi connectivity index (χ4v) is 4.31. The van der Waals surface area contributed by atoms with Crippen molar-refractivity contribution in [1.82, 2.24) is 14.5 Å². The van der Waals surface area contributed by atoms with Crippen LogP contribution in [0.5, 0.6) is 17.2 Å². The molecule has 4 rings (SSSR count). The zero-order valence-electron chi connectivity index (χ0n) is 19.8. The van der Waals surface area contributed by atoms with Crippen LogP contribution in [0.3, 0.4) is 0 Å². The number of ketones is 1. The van der Waals surface area contributed by atoms with E-state index in [0.29, 0.717) is 41.3 Å². The molecule has 1 aromatic heterocycles. The number of aryl methyl sites for hydroxylation is 1. The summed E-state index contributed by atoms with van der Waals surface area (Å²) in [5.41, 5.74) is 0.937. The molecule has 3 aromatic rings. The Morgan fingerprint density at radius 1 is 1.00 bits per heavy atom. The first-order valence-electron chi connectivity index (χ1n) is 11.1. The summed E-state index contributed by atoms with van der Waals surface area (Å²) in [5.74, 6) is -0.248. The van der Waals surface area contributed by atoms with Crippen molar-refractivity contribution in [2.24, 2.45) is 0 Å². The molecule has 2 aromatic carbocycles. The second-order valence-electron chi connectivity index (χ2n) is 7.96. The lowest BCUT2D eigenvalue weighted by molar-refractivity contribution is -0.140. The van der Waals surface area contributed by atoms with Gasteiger partial charge in [0.2, 0.25) is 0 Å². The summed E-state index contributed by atoms with van der Waals surface area (Å²) in [6.07, 6.45) is 5.79. The number of nitrogens with zero attached hydrogens (tertiary/aromatic N) is 3. The molecule has 182 valence electrons. The smallest absolute Gasteiger partial charge is 0.295 e. The Labute approximate surface area is 203 Å². The maximum absolute atomic E-state index is 13.3. The van der Waals surface area contributed by atoms with Crippen LogP contribution in [0.4, 0.5) is 0 Å². The Kier molecular flexibility index (Phi) is 7.05. The minimum absolute atomic E-state index is 0.00523. The average molecular weight is 478 g/mol. The highest BCUT2D eigenvalue weighted by atomic mass is 16.5. The summed E-state index contributed by atoms with van der Waals surface area (Å²) in [4.78, 5) is 32.0. The number of hydrogen-bond donors (Lipinski definition) is 1. The minimum atomic E-state index is -0.857. The molecule has 1 fully saturated rings. The Hall–Kier alpha value is -4.27. The van der Waals surface area contributed by atoms with Gasteiger partial charge in [-0.1, -0.05) is 12.1 Å². The number of rotatable bonds is 9. The van der Waals surface area contributed by atoms with Crippen molar-refractivity contribution in [3.8, 4) is 17.2 Å². The van der Waals surface area contributed by atoms with Crippen LogP contribution in [-0.2, 0) is 16.1 Å². The van der Waals surface area contributed by atoms with E-state index in [-0.39, 0.29) is 17.9 Å². The van der Waals surface area contributed by atoms with Gasteiger partial charge < -0.3 is 28.8 Å². The van der Waals surface area contributed by atoms with E-state index in [2.05, 4.69) is 4.98 Å². The van der Waals surface area contributed by atoms with E-state index in [1.165, 1.54) is 19.1 Å². The van der Waals surface area contributed by atoms with Gasteiger partial charge in [-0.15, -0.1) is 0 Å². The Morgan fingerprint density at radius 3 is 2.40 bits per heavy atom. The number of amides is 1. The molecule has 1 amide bonds. The number of aliphatic hydroxyl groups is 1. The van der Waals surface area contributed by atoms with E-state index in [4.69, 9.17) is 14.2 Å². The fourth-order valence-electron chi connectivity index (χ4n) is 4.31. The molecule has 1 aliphatic rings. The molecule has 0 spiro atoms. The maximum Gasteiger partial charge on any atom is 0.295 e. The van der Waals surface area contributed by atoms with Crippen molar-refractivity contribution < 1.29 is 28.9 Å². The van der Waals surface area contributed by atoms with E-state index < -0.39 is 17.7 Å². The number of para-hydroxylation sites is 1. The molecular formula is C26H27N3O6. The van der Waals surface area contributed by atoms with Gasteiger partial charge in [0, 0.05) is 36.6 Å². The van der Waals surface area contributed by atoms with E-state index in [1.807, 2.05) is 10.8 Å². The molecule has 0 unspecified atom stereocenters. The highest BCUT2D eigenvalue weighted by molar-refractivity contribution is 6.46. The number of benzene rings is 2. The van der Waals surface area contributed by atoms with E-state index in [9.17, 15) is 14.7 Å². The SMILES string of the molecule is COc1ccc(/C(O)=C2\C(=O)C(=O)N(CCCn3ccnc3)[C@H]2c2cccc(OC)c2OC)cc1. The topological polar surface area (TPSA) is 103 Å². The summed E-state index contributed by atoms with van der Waals surface area (Å²) in [7, 11) is 4.55. The number of hydrogen-bond acceptors (Lipinski definition) is 7. The number of ether oxygens (including phenoxy) is 3. The van der Waals surface area contributed by atoms with E-state index in [1.54, 1.807) is 62.1 Å². The van der Waals surface area contributed by atoms with Crippen molar-refractivity contribution in [3.05, 3.63) is 77.9 Å². The summed E-state index contributed by atoms with van der Waals surface area (Å²) in [5, 5.41) is 11.2. The largest absolute Gasteiger partial charge is 0.507 e. The van der Waals surface area contributed by atoms with Crippen LogP contribution in [0, 0.1) is 0 Å². The van der Waals surface area contributed by atoms with Crippen LogP contribution in [0.2, 0.25) is 0 Å². The van der Waals surface area contributed by atoms with Crippen molar-refractivity contribution in [2.45, 2.75) is 19.0 Å². The van der Waals surface area contributed by atoms with E-state index in [0.717, 1.165) is 0 Å². The molecule has 9 heteroatoms. The highest BCUT2D eigenvalue weighted by Crippen LogP contribution is 2.45. The van der Waals surface area contributed by atoms with Gasteiger partial charge in [-0.25, -0.2) is 4.98 Å². The number of carbonyl (C=O) groups is 2. The number of likely N-dealkylation sites (tertiary alicyclic amines) is 1. The van der Waals surface area contributed by atoms with Crippen LogP contribution < -0.4 is 14.2 Å².